The van der Waals surface area contributed by atoms with Crippen LogP contribution in [-0.4, -0.2) is 49.4 Å². The molecule has 1 atom stereocenters. The summed E-state index contributed by atoms with van der Waals surface area (Å²) in [7, 11) is -2.34. The van der Waals surface area contributed by atoms with Gasteiger partial charge in [0, 0.05) is 28.3 Å². The van der Waals surface area contributed by atoms with Crippen molar-refractivity contribution in [2.75, 3.05) is 18.5 Å². The number of carboxylic acid groups (broad SMARTS) is 1. The predicted molar refractivity (Wildman–Crippen MR) is 132 cm³/mol. The Kier molecular flexibility index (Phi) is 7.02. The Morgan fingerprint density at radius 3 is 2.59 bits per heavy atom. The van der Waals surface area contributed by atoms with Gasteiger partial charge in [-0.15, -0.1) is 11.3 Å². The van der Waals surface area contributed by atoms with E-state index in [0.717, 1.165) is 20.1 Å². The first kappa shape index (κ1) is 24.7. The highest BCUT2D eigenvalue weighted by atomic mass is 79.9. The summed E-state index contributed by atoms with van der Waals surface area (Å²) in [6.45, 7) is -0.225. The maximum absolute atomic E-state index is 13.4. The van der Waals surface area contributed by atoms with Crippen LogP contribution in [-0.2, 0) is 21.4 Å². The first-order chi connectivity index (χ1) is 16.1. The van der Waals surface area contributed by atoms with Gasteiger partial charge in [0.05, 0.1) is 27.7 Å². The molecule has 4 rings (SSSR count). The van der Waals surface area contributed by atoms with Crippen LogP contribution in [0.2, 0.25) is 5.02 Å². The molecule has 0 saturated heterocycles. The molecule has 1 N–H and O–H groups in total. The largest absolute Gasteiger partial charge is 0.478 e. The molecular formula is C22H18BrClN2O6S2. The van der Waals surface area contributed by atoms with Gasteiger partial charge in [-0.25, -0.2) is 13.2 Å². The molecule has 0 saturated carbocycles. The van der Waals surface area contributed by atoms with Crippen LogP contribution in [0.25, 0.3) is 0 Å². The molecule has 12 heteroatoms. The number of nitrogens with zero attached hydrogens (tertiary/aromatic N) is 2. The number of carboxylic acids is 1. The molecule has 1 unspecified atom stereocenters. The molecule has 2 heterocycles. The molecular weight excluding hydrogens is 568 g/mol. The first-order valence-electron chi connectivity index (χ1n) is 9.87. The first-order valence-corrected chi connectivity index (χ1v) is 13.4. The molecule has 1 aliphatic rings. The molecule has 1 aromatic heterocycles. The number of anilines is 1. The van der Waals surface area contributed by atoms with Gasteiger partial charge in [-0.3, -0.25) is 4.79 Å². The summed E-state index contributed by atoms with van der Waals surface area (Å²) in [6.07, 6.45) is -1.22. The lowest BCUT2D eigenvalue weighted by molar-refractivity contribution is -0.144. The normalized spacial score (nSPS) is 15.6. The molecule has 1 aliphatic heterocycles. The van der Waals surface area contributed by atoms with Crippen molar-refractivity contribution in [3.63, 3.8) is 0 Å². The number of ether oxygens (including phenoxy) is 1. The van der Waals surface area contributed by atoms with E-state index in [1.807, 2.05) is 0 Å². The van der Waals surface area contributed by atoms with E-state index >= 15 is 0 Å². The lowest BCUT2D eigenvalue weighted by atomic mass is 10.1. The van der Waals surface area contributed by atoms with Gasteiger partial charge in [0.1, 0.15) is 5.75 Å². The molecule has 0 fully saturated rings. The number of amides is 1. The predicted octanol–water partition coefficient (Wildman–Crippen LogP) is 4.48. The van der Waals surface area contributed by atoms with Crippen molar-refractivity contribution < 1.29 is 27.9 Å². The van der Waals surface area contributed by atoms with Crippen LogP contribution in [0, 0.1) is 0 Å². The molecule has 1 amide bonds. The summed E-state index contributed by atoms with van der Waals surface area (Å²) in [6, 6.07) is 12.9. The van der Waals surface area contributed by atoms with E-state index in [4.69, 9.17) is 16.3 Å². The van der Waals surface area contributed by atoms with Crippen LogP contribution < -0.4 is 9.64 Å². The molecule has 3 aromatic rings. The lowest BCUT2D eigenvalue weighted by Gasteiger charge is -2.33. The highest BCUT2D eigenvalue weighted by Gasteiger charge is 2.35. The summed E-state index contributed by atoms with van der Waals surface area (Å²) in [5.41, 5.74) is 0.598. The topological polar surface area (TPSA) is 104 Å². The fourth-order valence-electron chi connectivity index (χ4n) is 3.41. The molecule has 0 radical (unpaired) electrons. The second kappa shape index (κ2) is 9.67. The number of hydrogen-bond donors (Lipinski definition) is 1. The number of halogens is 2. The number of carbonyl (C=O) groups is 2. The van der Waals surface area contributed by atoms with Gasteiger partial charge < -0.3 is 14.7 Å². The minimum atomic E-state index is -3.78. The zero-order valence-corrected chi connectivity index (χ0v) is 21.6. The summed E-state index contributed by atoms with van der Waals surface area (Å²) >= 11 is 11.0. The van der Waals surface area contributed by atoms with Gasteiger partial charge in [-0.05, 0) is 36.4 Å². The third-order valence-electron chi connectivity index (χ3n) is 5.21. The maximum Gasteiger partial charge on any atom is 0.346 e. The summed E-state index contributed by atoms with van der Waals surface area (Å²) < 4.78 is 33.2. The average Bonchev–Trinajstić information content (AvgIpc) is 3.17. The van der Waals surface area contributed by atoms with Crippen LogP contribution >= 0.6 is 38.9 Å². The second-order valence-electron chi connectivity index (χ2n) is 7.43. The molecule has 0 aliphatic carbocycles. The van der Waals surface area contributed by atoms with Crippen molar-refractivity contribution in [3.05, 3.63) is 73.8 Å². The van der Waals surface area contributed by atoms with Crippen molar-refractivity contribution >= 4 is 66.5 Å². The Morgan fingerprint density at radius 1 is 1.24 bits per heavy atom. The Bertz CT molecular complexity index is 1360. The zero-order chi connectivity index (χ0) is 24.6. The Morgan fingerprint density at radius 2 is 1.91 bits per heavy atom. The van der Waals surface area contributed by atoms with Crippen molar-refractivity contribution in [1.82, 2.24) is 4.31 Å². The number of aliphatic carboxylic acids is 1. The molecule has 8 nitrogen and oxygen atoms in total. The van der Waals surface area contributed by atoms with Gasteiger partial charge in [-0.1, -0.05) is 39.7 Å². The number of thiophene rings is 1. The minimum absolute atomic E-state index is 0.0351. The number of sulfonamides is 1. The SMILES string of the molecule is CN(Cc1scc(C(=O)N2CC(C(=O)O)Oc3ccccc32)c1Cl)S(=O)(=O)c1ccc(Br)cc1. The fourth-order valence-corrected chi connectivity index (χ4v) is 6.25. The van der Waals surface area contributed by atoms with E-state index < -0.39 is 28.0 Å². The molecule has 178 valence electrons. The number of benzene rings is 2. The summed E-state index contributed by atoms with van der Waals surface area (Å²) in [4.78, 5) is 26.8. The van der Waals surface area contributed by atoms with E-state index in [0.29, 0.717) is 10.6 Å². The van der Waals surface area contributed by atoms with Gasteiger partial charge in [0.2, 0.25) is 16.1 Å². The zero-order valence-electron chi connectivity index (χ0n) is 17.6. The van der Waals surface area contributed by atoms with Crippen LogP contribution in [0.3, 0.4) is 0 Å². The highest BCUT2D eigenvalue weighted by Crippen LogP contribution is 2.37. The summed E-state index contributed by atoms with van der Waals surface area (Å²) in [5.74, 6) is -1.40. The van der Waals surface area contributed by atoms with Crippen LogP contribution in [0.5, 0.6) is 5.75 Å². The van der Waals surface area contributed by atoms with Crippen molar-refractivity contribution in [2.45, 2.75) is 17.5 Å². The Balaban J connectivity index is 1.59. The highest BCUT2D eigenvalue weighted by molar-refractivity contribution is 9.10. The number of hydrogen-bond acceptors (Lipinski definition) is 6. The van der Waals surface area contributed by atoms with E-state index in [9.17, 15) is 23.1 Å². The average molecular weight is 586 g/mol. The van der Waals surface area contributed by atoms with E-state index in [1.165, 1.54) is 24.1 Å². The second-order valence-corrected chi connectivity index (χ2v) is 11.7. The van der Waals surface area contributed by atoms with Gasteiger partial charge in [0.25, 0.3) is 5.91 Å². The lowest BCUT2D eigenvalue weighted by Crippen LogP contribution is -2.47. The van der Waals surface area contributed by atoms with Crippen LogP contribution in [0.15, 0.2) is 63.3 Å². The molecule has 0 spiro atoms. The molecule has 34 heavy (non-hydrogen) atoms. The molecule has 2 aromatic carbocycles. The van der Waals surface area contributed by atoms with Gasteiger partial charge in [-0.2, -0.15) is 4.31 Å². The number of fused-ring (bicyclic) bond motifs is 1. The van der Waals surface area contributed by atoms with Gasteiger partial charge >= 0.3 is 5.97 Å². The Hall–Kier alpha value is -2.44. The number of carbonyl (C=O) groups excluding carboxylic acids is 1. The van der Waals surface area contributed by atoms with E-state index in [1.54, 1.807) is 41.8 Å². The van der Waals surface area contributed by atoms with Crippen molar-refractivity contribution in [3.8, 4) is 5.75 Å². The van der Waals surface area contributed by atoms with Gasteiger partial charge in [0.15, 0.2) is 0 Å². The smallest absolute Gasteiger partial charge is 0.346 e. The van der Waals surface area contributed by atoms with E-state index in [-0.39, 0.29) is 34.3 Å². The third-order valence-corrected chi connectivity index (χ3v) is 9.07. The number of para-hydroxylation sites is 2. The van der Waals surface area contributed by atoms with Crippen LogP contribution in [0.4, 0.5) is 5.69 Å². The van der Waals surface area contributed by atoms with E-state index in [2.05, 4.69) is 15.9 Å². The number of rotatable bonds is 6. The minimum Gasteiger partial charge on any atom is -0.478 e. The standard InChI is InChI=1S/C22H18BrClN2O6S2/c1-25(34(30,31)14-8-6-13(23)7-9-14)11-19-20(24)15(12-33-19)21(27)26-10-18(22(28)29)32-17-5-3-2-4-16(17)26/h2-9,12,18H,10-11H2,1H3,(H,28,29). The van der Waals surface area contributed by atoms with Crippen LogP contribution in [0.1, 0.15) is 15.2 Å². The van der Waals surface area contributed by atoms with Crippen molar-refractivity contribution in [2.24, 2.45) is 0 Å². The third kappa shape index (κ3) is 4.71. The monoisotopic (exact) mass is 584 g/mol. The fraction of sp³-hybridized carbons (Fsp3) is 0.182. The molecule has 0 bridgehead atoms. The maximum atomic E-state index is 13.4. The van der Waals surface area contributed by atoms with Crippen molar-refractivity contribution in [1.29, 1.82) is 0 Å². The summed E-state index contributed by atoms with van der Waals surface area (Å²) in [5, 5.41) is 11.1. The quantitative estimate of drug-likeness (QED) is 0.458. The Labute approximate surface area is 213 Å².